The lowest BCUT2D eigenvalue weighted by Crippen LogP contribution is -2.27. The van der Waals surface area contributed by atoms with E-state index in [0.717, 1.165) is 16.6 Å². The molecule has 2 nitrogen and oxygen atoms in total. The van der Waals surface area contributed by atoms with Crippen molar-refractivity contribution in [3.8, 4) is 0 Å². The normalized spacial score (nSPS) is 14.2. The van der Waals surface area contributed by atoms with E-state index in [0.29, 0.717) is 12.0 Å². The number of rotatable bonds is 5. The maximum Gasteiger partial charge on any atom is 0.0478 e. The molecule has 20 heavy (non-hydrogen) atoms. The lowest BCUT2D eigenvalue weighted by Gasteiger charge is -2.25. The number of nitrogens with zero attached hydrogens (tertiary/aromatic N) is 2. The van der Waals surface area contributed by atoms with Crippen molar-refractivity contribution in [3.63, 3.8) is 0 Å². The van der Waals surface area contributed by atoms with Gasteiger partial charge in [-0.1, -0.05) is 34.1 Å². The van der Waals surface area contributed by atoms with E-state index in [1.54, 1.807) is 0 Å². The Morgan fingerprint density at radius 2 is 1.80 bits per heavy atom. The molecule has 0 amide bonds. The zero-order valence-electron chi connectivity index (χ0n) is 12.3. The molecular formula is C17H21BrN2. The summed E-state index contributed by atoms with van der Waals surface area (Å²) in [6.07, 6.45) is 2.94. The van der Waals surface area contributed by atoms with Gasteiger partial charge in [0, 0.05) is 28.3 Å². The van der Waals surface area contributed by atoms with Gasteiger partial charge in [-0.25, -0.2) is 0 Å². The van der Waals surface area contributed by atoms with Gasteiger partial charge in [-0.2, -0.15) is 0 Å². The molecule has 0 aliphatic heterocycles. The quantitative estimate of drug-likeness (QED) is 0.810. The molecule has 2 rings (SSSR count). The van der Waals surface area contributed by atoms with Crippen LogP contribution in [-0.4, -0.2) is 30.0 Å². The first-order chi connectivity index (χ1) is 9.58. The highest BCUT2D eigenvalue weighted by molar-refractivity contribution is 9.10. The summed E-state index contributed by atoms with van der Waals surface area (Å²) < 4.78 is 1.11. The Morgan fingerprint density at radius 3 is 2.35 bits per heavy atom. The Kier molecular flexibility index (Phi) is 5.32. The van der Waals surface area contributed by atoms with Gasteiger partial charge in [-0.3, -0.25) is 4.98 Å². The van der Waals surface area contributed by atoms with Crippen molar-refractivity contribution in [2.75, 3.05) is 14.1 Å². The van der Waals surface area contributed by atoms with E-state index in [1.165, 1.54) is 5.56 Å². The third-order valence-corrected chi connectivity index (χ3v) is 4.30. The summed E-state index contributed by atoms with van der Waals surface area (Å²) in [5.74, 6) is 0.335. The summed E-state index contributed by atoms with van der Waals surface area (Å²) in [6.45, 7) is 2.26. The van der Waals surface area contributed by atoms with Crippen molar-refractivity contribution in [3.05, 3.63) is 64.4 Å². The zero-order chi connectivity index (χ0) is 14.5. The molecule has 2 aromatic rings. The van der Waals surface area contributed by atoms with Gasteiger partial charge in [0.05, 0.1) is 0 Å². The molecule has 0 aliphatic carbocycles. The van der Waals surface area contributed by atoms with Gasteiger partial charge in [0.2, 0.25) is 0 Å². The fourth-order valence-electron chi connectivity index (χ4n) is 2.26. The van der Waals surface area contributed by atoms with Gasteiger partial charge in [-0.05, 0) is 57.3 Å². The molecule has 106 valence electrons. The Morgan fingerprint density at radius 1 is 1.10 bits per heavy atom. The van der Waals surface area contributed by atoms with Crippen molar-refractivity contribution in [1.82, 2.24) is 9.88 Å². The van der Waals surface area contributed by atoms with Gasteiger partial charge >= 0.3 is 0 Å². The number of pyridine rings is 1. The molecule has 0 saturated heterocycles. The van der Waals surface area contributed by atoms with E-state index in [9.17, 15) is 0 Å². The molecule has 0 fully saturated rings. The first kappa shape index (κ1) is 15.2. The van der Waals surface area contributed by atoms with E-state index in [-0.39, 0.29) is 0 Å². The Labute approximate surface area is 130 Å². The van der Waals surface area contributed by atoms with E-state index in [4.69, 9.17) is 0 Å². The molecule has 0 spiro atoms. The van der Waals surface area contributed by atoms with Crippen LogP contribution in [0, 0.1) is 0 Å². The van der Waals surface area contributed by atoms with E-state index in [2.05, 4.69) is 83.2 Å². The van der Waals surface area contributed by atoms with Crippen molar-refractivity contribution in [2.45, 2.75) is 25.3 Å². The molecule has 0 N–H and O–H groups in total. The standard InChI is InChI=1S/C17H21BrN2/c1-13(20(2)3)12-16(17-6-4-5-11-19-17)14-7-9-15(18)10-8-14/h4-11,13,16H,12H2,1-3H3. The first-order valence-electron chi connectivity index (χ1n) is 6.90. The molecule has 1 aromatic heterocycles. The molecule has 0 aliphatic rings. The van der Waals surface area contributed by atoms with Gasteiger partial charge in [0.15, 0.2) is 0 Å². The largest absolute Gasteiger partial charge is 0.307 e. The maximum atomic E-state index is 4.56. The second-order valence-corrected chi connectivity index (χ2v) is 6.32. The molecule has 0 saturated carbocycles. The Hall–Kier alpha value is -1.19. The van der Waals surface area contributed by atoms with Crippen molar-refractivity contribution in [2.24, 2.45) is 0 Å². The lowest BCUT2D eigenvalue weighted by atomic mass is 9.89. The number of halogens is 1. The fourth-order valence-corrected chi connectivity index (χ4v) is 2.52. The fraction of sp³-hybridized carbons (Fsp3) is 0.353. The van der Waals surface area contributed by atoms with Gasteiger partial charge < -0.3 is 4.90 Å². The van der Waals surface area contributed by atoms with Crippen molar-refractivity contribution in [1.29, 1.82) is 0 Å². The Bertz CT molecular complexity index is 522. The van der Waals surface area contributed by atoms with Crippen LogP contribution in [0.3, 0.4) is 0 Å². The molecule has 2 atom stereocenters. The summed E-state index contributed by atoms with van der Waals surface area (Å²) in [6, 6.07) is 15.2. The second kappa shape index (κ2) is 7.00. The third kappa shape index (κ3) is 3.90. The molecular weight excluding hydrogens is 312 g/mol. The minimum atomic E-state index is 0.335. The summed E-state index contributed by atoms with van der Waals surface area (Å²) in [7, 11) is 4.25. The summed E-state index contributed by atoms with van der Waals surface area (Å²) in [5, 5.41) is 0. The second-order valence-electron chi connectivity index (χ2n) is 5.41. The van der Waals surface area contributed by atoms with E-state index in [1.807, 2.05) is 12.3 Å². The van der Waals surface area contributed by atoms with Crippen molar-refractivity contribution >= 4 is 15.9 Å². The van der Waals surface area contributed by atoms with E-state index >= 15 is 0 Å². The summed E-state index contributed by atoms with van der Waals surface area (Å²) >= 11 is 3.50. The zero-order valence-corrected chi connectivity index (χ0v) is 13.8. The van der Waals surface area contributed by atoms with Crippen LogP contribution < -0.4 is 0 Å². The topological polar surface area (TPSA) is 16.1 Å². The van der Waals surface area contributed by atoms with E-state index < -0.39 is 0 Å². The minimum absolute atomic E-state index is 0.335. The van der Waals surface area contributed by atoms with Crippen LogP contribution in [0.15, 0.2) is 53.1 Å². The van der Waals surface area contributed by atoms with Crippen LogP contribution in [-0.2, 0) is 0 Å². The smallest absolute Gasteiger partial charge is 0.0478 e. The molecule has 0 bridgehead atoms. The van der Waals surface area contributed by atoms with Crippen LogP contribution in [0.2, 0.25) is 0 Å². The predicted molar refractivity (Wildman–Crippen MR) is 88.0 cm³/mol. The van der Waals surface area contributed by atoms with Gasteiger partial charge in [-0.15, -0.1) is 0 Å². The molecule has 1 heterocycles. The summed E-state index contributed by atoms with van der Waals surface area (Å²) in [5.41, 5.74) is 2.46. The lowest BCUT2D eigenvalue weighted by molar-refractivity contribution is 0.289. The summed E-state index contributed by atoms with van der Waals surface area (Å²) in [4.78, 5) is 6.82. The SMILES string of the molecule is CC(CC(c1ccc(Br)cc1)c1ccccn1)N(C)C. The van der Waals surface area contributed by atoms with Crippen molar-refractivity contribution < 1.29 is 0 Å². The monoisotopic (exact) mass is 332 g/mol. The van der Waals surface area contributed by atoms with Crippen LogP contribution in [0.1, 0.15) is 30.5 Å². The van der Waals surface area contributed by atoms with Crippen LogP contribution in [0.25, 0.3) is 0 Å². The molecule has 3 heteroatoms. The van der Waals surface area contributed by atoms with Gasteiger partial charge in [0.25, 0.3) is 0 Å². The Balaban J connectivity index is 2.31. The average molecular weight is 333 g/mol. The maximum absolute atomic E-state index is 4.56. The van der Waals surface area contributed by atoms with Crippen LogP contribution in [0.5, 0.6) is 0 Å². The molecule has 2 unspecified atom stereocenters. The highest BCUT2D eigenvalue weighted by atomic mass is 79.9. The number of aromatic nitrogens is 1. The minimum Gasteiger partial charge on any atom is -0.307 e. The highest BCUT2D eigenvalue weighted by Gasteiger charge is 2.19. The van der Waals surface area contributed by atoms with Crippen LogP contribution >= 0.6 is 15.9 Å². The van der Waals surface area contributed by atoms with Gasteiger partial charge in [0.1, 0.15) is 0 Å². The molecule has 0 radical (unpaired) electrons. The number of hydrogen-bond donors (Lipinski definition) is 0. The predicted octanol–water partition coefficient (Wildman–Crippen LogP) is 4.32. The average Bonchev–Trinajstić information content (AvgIpc) is 2.46. The molecule has 1 aromatic carbocycles. The van der Waals surface area contributed by atoms with Crippen LogP contribution in [0.4, 0.5) is 0 Å². The first-order valence-corrected chi connectivity index (χ1v) is 7.70. The number of hydrogen-bond acceptors (Lipinski definition) is 2. The third-order valence-electron chi connectivity index (χ3n) is 3.78. The number of benzene rings is 1. The highest BCUT2D eigenvalue weighted by Crippen LogP contribution is 2.29.